The third kappa shape index (κ3) is 8.29. The lowest BCUT2D eigenvalue weighted by Gasteiger charge is -2.23. The number of phenolic OH excluding ortho intramolecular Hbond substituents is 1. The van der Waals surface area contributed by atoms with Crippen LogP contribution in [-0.2, 0) is 32.1 Å². The second kappa shape index (κ2) is 12.3. The summed E-state index contributed by atoms with van der Waals surface area (Å²) in [5.41, 5.74) is 1.52. The highest BCUT2D eigenvalue weighted by molar-refractivity contribution is 5.89. The van der Waals surface area contributed by atoms with E-state index >= 15 is 0 Å². The number of phenols is 1. The zero-order valence-electron chi connectivity index (χ0n) is 18.5. The number of ether oxygens (including phenoxy) is 2. The number of carbonyl (C=O) groups is 3. The Balaban J connectivity index is 2.10. The Hall–Kier alpha value is -3.55. The molecule has 3 N–H and O–H groups in total. The van der Waals surface area contributed by atoms with Gasteiger partial charge in [-0.2, -0.15) is 0 Å². The number of carbonyl (C=O) groups excluding carboxylic acids is 3. The van der Waals surface area contributed by atoms with E-state index in [0.29, 0.717) is 12.0 Å². The van der Waals surface area contributed by atoms with Gasteiger partial charge in [0.2, 0.25) is 5.91 Å². The number of alkyl carbamates (subject to hydrolysis) is 1. The SMILES string of the molecule is COC(=O)[C@@H](CC(C)C)NC(=O)[C@@H](Cc1ccc(O)cc1)NC(=O)OCc1ccccc1. The molecule has 2 atom stereocenters. The molecule has 0 saturated heterocycles. The van der Waals surface area contributed by atoms with Crippen LogP contribution in [0.4, 0.5) is 4.79 Å². The van der Waals surface area contributed by atoms with Gasteiger partial charge in [-0.05, 0) is 35.6 Å². The summed E-state index contributed by atoms with van der Waals surface area (Å²) < 4.78 is 10.0. The fraction of sp³-hybridized carbons (Fsp3) is 0.375. The van der Waals surface area contributed by atoms with Gasteiger partial charge in [0.15, 0.2) is 0 Å². The first-order chi connectivity index (χ1) is 15.3. The first-order valence-electron chi connectivity index (χ1n) is 10.4. The maximum atomic E-state index is 13.0. The first-order valence-corrected chi connectivity index (χ1v) is 10.4. The van der Waals surface area contributed by atoms with Crippen LogP contribution in [0.3, 0.4) is 0 Å². The Kier molecular flexibility index (Phi) is 9.53. The van der Waals surface area contributed by atoms with Crippen molar-refractivity contribution in [2.75, 3.05) is 7.11 Å². The molecule has 0 spiro atoms. The normalized spacial score (nSPS) is 12.5. The van der Waals surface area contributed by atoms with E-state index in [9.17, 15) is 19.5 Å². The van der Waals surface area contributed by atoms with Crippen LogP contribution < -0.4 is 10.6 Å². The quantitative estimate of drug-likeness (QED) is 0.488. The summed E-state index contributed by atoms with van der Waals surface area (Å²) in [6.45, 7) is 3.91. The van der Waals surface area contributed by atoms with E-state index in [0.717, 1.165) is 5.56 Å². The Labute approximate surface area is 187 Å². The van der Waals surface area contributed by atoms with E-state index in [1.807, 2.05) is 44.2 Å². The summed E-state index contributed by atoms with van der Waals surface area (Å²) in [6, 6.07) is 13.6. The van der Waals surface area contributed by atoms with Gasteiger partial charge in [-0.1, -0.05) is 56.3 Å². The molecule has 8 heteroatoms. The Morgan fingerprint density at radius 3 is 2.16 bits per heavy atom. The van der Waals surface area contributed by atoms with Crippen molar-refractivity contribution in [2.45, 2.75) is 45.4 Å². The standard InChI is InChI=1S/C24H30N2O6/c1-16(2)13-21(23(29)31-3)25-22(28)20(14-17-9-11-19(27)12-10-17)26-24(30)32-15-18-7-5-4-6-8-18/h4-12,16,20-21,27H,13-15H2,1-3H3,(H,25,28)(H,26,30)/t20-,21-/m1/s1. The molecule has 0 aliphatic rings. The largest absolute Gasteiger partial charge is 0.508 e. The number of methoxy groups -OCH3 is 1. The Morgan fingerprint density at radius 1 is 0.906 bits per heavy atom. The maximum Gasteiger partial charge on any atom is 0.408 e. The molecule has 0 radical (unpaired) electrons. The lowest BCUT2D eigenvalue weighted by Crippen LogP contribution is -2.53. The molecule has 2 aromatic carbocycles. The van der Waals surface area contributed by atoms with Gasteiger partial charge in [-0.3, -0.25) is 4.79 Å². The van der Waals surface area contributed by atoms with E-state index in [4.69, 9.17) is 9.47 Å². The van der Waals surface area contributed by atoms with Crippen molar-refractivity contribution in [2.24, 2.45) is 5.92 Å². The number of amides is 2. The molecule has 0 aliphatic heterocycles. The molecule has 8 nitrogen and oxygen atoms in total. The molecule has 32 heavy (non-hydrogen) atoms. The molecule has 0 heterocycles. The van der Waals surface area contributed by atoms with Crippen LogP contribution in [0.5, 0.6) is 5.75 Å². The average molecular weight is 443 g/mol. The van der Waals surface area contributed by atoms with Gasteiger partial charge in [-0.25, -0.2) is 9.59 Å². The van der Waals surface area contributed by atoms with Crippen molar-refractivity contribution in [3.05, 3.63) is 65.7 Å². The summed E-state index contributed by atoms with van der Waals surface area (Å²) in [6.07, 6.45) is -0.225. The van der Waals surface area contributed by atoms with Gasteiger partial charge < -0.3 is 25.2 Å². The van der Waals surface area contributed by atoms with E-state index < -0.39 is 30.1 Å². The second-order valence-electron chi connectivity index (χ2n) is 7.84. The van der Waals surface area contributed by atoms with Gasteiger partial charge in [0, 0.05) is 6.42 Å². The summed E-state index contributed by atoms with van der Waals surface area (Å²) in [4.78, 5) is 37.5. The van der Waals surface area contributed by atoms with Gasteiger partial charge in [0.1, 0.15) is 24.4 Å². The third-order valence-corrected chi connectivity index (χ3v) is 4.71. The van der Waals surface area contributed by atoms with Gasteiger partial charge in [0.05, 0.1) is 7.11 Å². The van der Waals surface area contributed by atoms with Crippen LogP contribution in [-0.4, -0.2) is 42.3 Å². The van der Waals surface area contributed by atoms with Crippen LogP contribution >= 0.6 is 0 Å². The molecule has 2 amide bonds. The van der Waals surface area contributed by atoms with Crippen molar-refractivity contribution < 1.29 is 29.0 Å². The highest BCUT2D eigenvalue weighted by Crippen LogP contribution is 2.13. The minimum absolute atomic E-state index is 0.0539. The summed E-state index contributed by atoms with van der Waals surface area (Å²) in [5.74, 6) is -0.862. The Morgan fingerprint density at radius 2 is 1.56 bits per heavy atom. The molecule has 0 bridgehead atoms. The van der Waals surface area contributed by atoms with Crippen LogP contribution in [0.15, 0.2) is 54.6 Å². The molecular formula is C24H30N2O6. The summed E-state index contributed by atoms with van der Waals surface area (Å²) in [5, 5.41) is 14.7. The molecule has 172 valence electrons. The van der Waals surface area contributed by atoms with Gasteiger partial charge >= 0.3 is 12.1 Å². The Bertz CT molecular complexity index is 883. The van der Waals surface area contributed by atoms with Crippen LogP contribution in [0.25, 0.3) is 0 Å². The monoisotopic (exact) mass is 442 g/mol. The number of nitrogens with one attached hydrogen (secondary N) is 2. The zero-order valence-corrected chi connectivity index (χ0v) is 18.5. The van der Waals surface area contributed by atoms with Crippen molar-refractivity contribution in [3.8, 4) is 5.75 Å². The highest BCUT2D eigenvalue weighted by atomic mass is 16.5. The van der Waals surface area contributed by atoms with Gasteiger partial charge in [0.25, 0.3) is 0 Å². The third-order valence-electron chi connectivity index (χ3n) is 4.71. The lowest BCUT2D eigenvalue weighted by atomic mass is 10.0. The molecule has 2 aromatic rings. The molecule has 0 aliphatic carbocycles. The topological polar surface area (TPSA) is 114 Å². The number of aromatic hydroxyl groups is 1. The average Bonchev–Trinajstić information content (AvgIpc) is 2.78. The highest BCUT2D eigenvalue weighted by Gasteiger charge is 2.28. The van der Waals surface area contributed by atoms with E-state index in [1.54, 1.807) is 12.1 Å². The van der Waals surface area contributed by atoms with Crippen molar-refractivity contribution >= 4 is 18.0 Å². The van der Waals surface area contributed by atoms with Crippen LogP contribution in [0, 0.1) is 5.92 Å². The first kappa shape index (κ1) is 24.7. The van der Waals surface area contributed by atoms with E-state index in [1.165, 1.54) is 19.2 Å². The molecule has 0 unspecified atom stereocenters. The number of esters is 1. The number of hydrogen-bond donors (Lipinski definition) is 3. The smallest absolute Gasteiger partial charge is 0.408 e. The minimum atomic E-state index is -0.998. The molecule has 2 rings (SSSR count). The van der Waals surface area contributed by atoms with E-state index in [2.05, 4.69) is 10.6 Å². The summed E-state index contributed by atoms with van der Waals surface area (Å²) in [7, 11) is 1.26. The maximum absolute atomic E-state index is 13.0. The molecular weight excluding hydrogens is 412 g/mol. The fourth-order valence-corrected chi connectivity index (χ4v) is 3.08. The van der Waals surface area contributed by atoms with Crippen molar-refractivity contribution in [1.29, 1.82) is 0 Å². The molecule has 0 aromatic heterocycles. The lowest BCUT2D eigenvalue weighted by molar-refractivity contribution is -0.145. The molecule has 0 saturated carbocycles. The minimum Gasteiger partial charge on any atom is -0.508 e. The predicted octanol–water partition coefficient (Wildman–Crippen LogP) is 2.93. The number of hydrogen-bond acceptors (Lipinski definition) is 6. The van der Waals surface area contributed by atoms with Crippen molar-refractivity contribution in [3.63, 3.8) is 0 Å². The fourth-order valence-electron chi connectivity index (χ4n) is 3.08. The summed E-state index contributed by atoms with van der Waals surface area (Å²) >= 11 is 0. The van der Waals surface area contributed by atoms with Crippen molar-refractivity contribution in [1.82, 2.24) is 10.6 Å². The number of benzene rings is 2. The predicted molar refractivity (Wildman–Crippen MR) is 119 cm³/mol. The van der Waals surface area contributed by atoms with Crippen LogP contribution in [0.1, 0.15) is 31.4 Å². The zero-order chi connectivity index (χ0) is 23.5. The van der Waals surface area contributed by atoms with Crippen LogP contribution in [0.2, 0.25) is 0 Å². The molecule has 0 fully saturated rings. The second-order valence-corrected chi connectivity index (χ2v) is 7.84. The number of rotatable bonds is 10. The van der Waals surface area contributed by atoms with E-state index in [-0.39, 0.29) is 24.7 Å². The van der Waals surface area contributed by atoms with Gasteiger partial charge in [-0.15, -0.1) is 0 Å².